The second kappa shape index (κ2) is 13.9. The van der Waals surface area contributed by atoms with Gasteiger partial charge in [-0.1, -0.05) is 12.1 Å². The first-order chi connectivity index (χ1) is 22.7. The molecule has 5 rings (SSSR count). The lowest BCUT2D eigenvalue weighted by molar-refractivity contribution is -0.247. The van der Waals surface area contributed by atoms with Crippen LogP contribution in [0.2, 0.25) is 0 Å². The maximum atomic E-state index is 14.1. The van der Waals surface area contributed by atoms with Gasteiger partial charge < -0.3 is 54.6 Å². The van der Waals surface area contributed by atoms with Crippen molar-refractivity contribution in [2.75, 3.05) is 20.0 Å². The van der Waals surface area contributed by atoms with Crippen molar-refractivity contribution in [2.24, 2.45) is 5.73 Å². The monoisotopic (exact) mass is 673 g/mol. The maximum Gasteiger partial charge on any atom is 0.366 e. The number of aliphatic hydroxyl groups excluding tert-OH is 1. The Hall–Kier alpha value is -3.96. The third-order valence-electron chi connectivity index (χ3n) is 8.82. The van der Waals surface area contributed by atoms with Gasteiger partial charge in [-0.15, -0.1) is 0 Å². The Balaban J connectivity index is 1.52. The highest BCUT2D eigenvalue weighted by molar-refractivity contribution is 6.31. The van der Waals surface area contributed by atoms with E-state index in [2.05, 4.69) is 0 Å². The molecule has 0 bridgehead atoms. The van der Waals surface area contributed by atoms with E-state index in [1.54, 1.807) is 20.8 Å². The molecule has 0 radical (unpaired) electrons. The standard InChI is InChI=1S/C33H39NO14/c1-5-43-32(44-6-2)31(41)46-13-45-19-9-7-8-16-22(19)29(39)25-24(27(16)37)28(38)17-11-33(42,15(4)35)12-20(23(17)30(25)40)48-21-10-18(34)26(36)14(3)47-21/h7-9,14,18,20-21,26,32,36,38,40,42H,5-6,10-13,34H2,1-4H3/t14?,18?,20-,21?,26?,33-/m0/s1. The number of phenolic OH excluding ortho intramolecular Hbond substituents is 2. The summed E-state index contributed by atoms with van der Waals surface area (Å²) in [6.45, 7) is 5.73. The van der Waals surface area contributed by atoms with Crippen LogP contribution in [0.4, 0.5) is 0 Å². The Morgan fingerprint density at radius 1 is 1.06 bits per heavy atom. The number of benzene rings is 2. The van der Waals surface area contributed by atoms with Crippen LogP contribution in [0.3, 0.4) is 0 Å². The van der Waals surface area contributed by atoms with Crippen molar-refractivity contribution < 1.29 is 68.0 Å². The van der Waals surface area contributed by atoms with E-state index >= 15 is 0 Å². The number of ketones is 3. The third-order valence-corrected chi connectivity index (χ3v) is 8.82. The molecule has 15 heteroatoms. The highest BCUT2D eigenvalue weighted by Crippen LogP contribution is 2.52. The van der Waals surface area contributed by atoms with Gasteiger partial charge in [0, 0.05) is 55.2 Å². The van der Waals surface area contributed by atoms with E-state index in [0.717, 1.165) is 6.92 Å². The van der Waals surface area contributed by atoms with Crippen molar-refractivity contribution in [3.05, 3.63) is 51.6 Å². The molecule has 3 aliphatic rings. The maximum absolute atomic E-state index is 14.1. The predicted molar refractivity (Wildman–Crippen MR) is 162 cm³/mol. The number of Topliss-reactive ketones (excluding diaryl/α,β-unsaturated/α-hetero) is 1. The second-order valence-electron chi connectivity index (χ2n) is 11.9. The van der Waals surface area contributed by atoms with Gasteiger partial charge in [0.2, 0.25) is 12.6 Å². The van der Waals surface area contributed by atoms with Crippen LogP contribution >= 0.6 is 0 Å². The van der Waals surface area contributed by atoms with Gasteiger partial charge in [-0.2, -0.15) is 0 Å². The summed E-state index contributed by atoms with van der Waals surface area (Å²) in [5.41, 5.74) is 2.20. The molecule has 0 saturated carbocycles. The fourth-order valence-corrected chi connectivity index (χ4v) is 6.32. The fraction of sp³-hybridized carbons (Fsp3) is 0.515. The van der Waals surface area contributed by atoms with E-state index in [0.29, 0.717) is 0 Å². The lowest BCUT2D eigenvalue weighted by Crippen LogP contribution is -2.52. The molecule has 1 aliphatic heterocycles. The first-order valence-corrected chi connectivity index (χ1v) is 15.6. The molecule has 2 aromatic carbocycles. The van der Waals surface area contributed by atoms with Crippen molar-refractivity contribution in [2.45, 2.75) is 89.5 Å². The Bertz CT molecular complexity index is 1610. The number of carbonyl (C=O) groups is 4. The van der Waals surface area contributed by atoms with Crippen LogP contribution in [-0.2, 0) is 39.7 Å². The average Bonchev–Trinajstić information content (AvgIpc) is 3.03. The third kappa shape index (κ3) is 6.30. The van der Waals surface area contributed by atoms with Gasteiger partial charge in [0.25, 0.3) is 6.29 Å². The van der Waals surface area contributed by atoms with E-state index in [9.17, 15) is 39.6 Å². The Morgan fingerprint density at radius 3 is 2.35 bits per heavy atom. The fourth-order valence-electron chi connectivity index (χ4n) is 6.32. The number of aliphatic hydroxyl groups is 2. The molecule has 15 nitrogen and oxygen atoms in total. The summed E-state index contributed by atoms with van der Waals surface area (Å²) < 4.78 is 33.0. The van der Waals surface area contributed by atoms with Crippen molar-refractivity contribution in [3.63, 3.8) is 0 Å². The molecule has 6 N–H and O–H groups in total. The number of fused-ring (bicyclic) bond motifs is 3. The zero-order valence-corrected chi connectivity index (χ0v) is 26.9. The van der Waals surface area contributed by atoms with E-state index in [1.165, 1.54) is 18.2 Å². The number of hydrogen-bond donors (Lipinski definition) is 5. The predicted octanol–water partition coefficient (Wildman–Crippen LogP) is 1.30. The average molecular weight is 674 g/mol. The normalized spacial score (nSPS) is 26.5. The number of phenols is 2. The smallest absolute Gasteiger partial charge is 0.366 e. The first kappa shape index (κ1) is 35.3. The van der Waals surface area contributed by atoms with Crippen LogP contribution in [0.25, 0.3) is 0 Å². The molecule has 1 heterocycles. The van der Waals surface area contributed by atoms with Gasteiger partial charge in [0.05, 0.1) is 35.0 Å². The highest BCUT2D eigenvalue weighted by atomic mass is 16.7. The van der Waals surface area contributed by atoms with Crippen molar-refractivity contribution in [1.29, 1.82) is 0 Å². The van der Waals surface area contributed by atoms with Gasteiger partial charge >= 0.3 is 5.97 Å². The molecule has 6 atom stereocenters. The van der Waals surface area contributed by atoms with Gasteiger partial charge in [0.15, 0.2) is 17.9 Å². The quantitative estimate of drug-likeness (QED) is 0.110. The van der Waals surface area contributed by atoms with Crippen LogP contribution < -0.4 is 10.5 Å². The Kier molecular flexibility index (Phi) is 10.2. The molecule has 0 amide bonds. The summed E-state index contributed by atoms with van der Waals surface area (Å²) in [7, 11) is 0. The summed E-state index contributed by atoms with van der Waals surface area (Å²) in [4.78, 5) is 53.0. The number of rotatable bonds is 11. The van der Waals surface area contributed by atoms with Crippen molar-refractivity contribution in [3.8, 4) is 17.2 Å². The lowest BCUT2D eigenvalue weighted by Gasteiger charge is -2.42. The largest absolute Gasteiger partial charge is 0.507 e. The summed E-state index contributed by atoms with van der Waals surface area (Å²) in [6, 6.07) is 3.36. The van der Waals surface area contributed by atoms with Crippen molar-refractivity contribution in [1.82, 2.24) is 0 Å². The zero-order valence-electron chi connectivity index (χ0n) is 26.9. The van der Waals surface area contributed by atoms with Crippen LogP contribution in [0.1, 0.15) is 89.6 Å². The topological polar surface area (TPSA) is 231 Å². The molecule has 260 valence electrons. The van der Waals surface area contributed by atoms with Gasteiger partial charge in [0.1, 0.15) is 22.8 Å². The number of carbonyl (C=O) groups excluding carboxylic acids is 4. The van der Waals surface area contributed by atoms with E-state index in [-0.39, 0.29) is 47.6 Å². The number of hydrogen-bond acceptors (Lipinski definition) is 15. The van der Waals surface area contributed by atoms with E-state index in [1.807, 2.05) is 0 Å². The second-order valence-corrected chi connectivity index (χ2v) is 11.9. The van der Waals surface area contributed by atoms with E-state index in [4.69, 9.17) is 34.2 Å². The summed E-state index contributed by atoms with van der Waals surface area (Å²) in [5.74, 6) is -4.84. The van der Waals surface area contributed by atoms with Crippen LogP contribution in [0.5, 0.6) is 17.2 Å². The molecule has 2 aliphatic carbocycles. The summed E-state index contributed by atoms with van der Waals surface area (Å²) >= 11 is 0. The van der Waals surface area contributed by atoms with Gasteiger partial charge in [-0.25, -0.2) is 4.79 Å². The highest BCUT2D eigenvalue weighted by Gasteiger charge is 2.49. The van der Waals surface area contributed by atoms with Crippen LogP contribution in [-0.4, -0.2) is 100 Å². The molecule has 0 aromatic heterocycles. The Labute approximate surface area is 275 Å². The Morgan fingerprint density at radius 2 is 1.73 bits per heavy atom. The first-order valence-electron chi connectivity index (χ1n) is 15.6. The molecule has 0 spiro atoms. The SMILES string of the molecule is CCOC(OCC)C(=O)OCOc1cccc2c1C(=O)c1c(O)c3c(c(O)c1C2=O)C[C@@](O)(C(C)=O)C[C@@H]3OC1CC(N)C(O)C(C)O1. The minimum Gasteiger partial charge on any atom is -0.507 e. The minimum absolute atomic E-state index is 0.0134. The minimum atomic E-state index is -2.07. The van der Waals surface area contributed by atoms with Gasteiger partial charge in [-0.3, -0.25) is 14.4 Å². The number of nitrogens with two attached hydrogens (primary N) is 1. The summed E-state index contributed by atoms with van der Waals surface area (Å²) in [5, 5.41) is 44.8. The van der Waals surface area contributed by atoms with E-state index < -0.39 is 108 Å². The number of ether oxygens (including phenoxy) is 6. The zero-order chi connectivity index (χ0) is 35.1. The lowest BCUT2D eigenvalue weighted by atomic mass is 9.72. The summed E-state index contributed by atoms with van der Waals surface area (Å²) in [6.07, 6.45) is -6.27. The molecule has 1 saturated heterocycles. The number of esters is 1. The van der Waals surface area contributed by atoms with Crippen molar-refractivity contribution >= 4 is 23.3 Å². The number of aromatic hydroxyl groups is 2. The molecule has 4 unspecified atom stereocenters. The van der Waals surface area contributed by atoms with Gasteiger partial charge in [-0.05, 0) is 33.8 Å². The molecule has 1 fully saturated rings. The molecule has 2 aromatic rings. The van der Waals surface area contributed by atoms with Crippen LogP contribution in [0, 0.1) is 0 Å². The van der Waals surface area contributed by atoms with Crippen LogP contribution in [0.15, 0.2) is 18.2 Å². The molecular formula is C33H39NO14. The molecule has 48 heavy (non-hydrogen) atoms. The molecular weight excluding hydrogens is 634 g/mol.